The van der Waals surface area contributed by atoms with E-state index >= 15 is 0 Å². The van der Waals surface area contributed by atoms with Crippen LogP contribution in [0.3, 0.4) is 0 Å². The first kappa shape index (κ1) is 17.4. The van der Waals surface area contributed by atoms with Crippen LogP contribution in [0.2, 0.25) is 0 Å². The Balaban J connectivity index is 1.92. The van der Waals surface area contributed by atoms with Crippen molar-refractivity contribution in [3.8, 4) is 11.1 Å². The van der Waals surface area contributed by atoms with Gasteiger partial charge >= 0.3 is 6.47 Å². The lowest BCUT2D eigenvalue weighted by molar-refractivity contribution is 0.130. The summed E-state index contributed by atoms with van der Waals surface area (Å²) in [7, 11) is 0. The molecule has 0 amide bonds. The van der Waals surface area contributed by atoms with Crippen LogP contribution in [-0.4, -0.2) is 6.47 Å². The Labute approximate surface area is 170 Å². The molecule has 4 aromatic carbocycles. The molecule has 0 N–H and O–H groups in total. The lowest BCUT2D eigenvalue weighted by Gasteiger charge is -2.39. The van der Waals surface area contributed by atoms with Crippen molar-refractivity contribution in [3.05, 3.63) is 131 Å². The Hall–Kier alpha value is -3.65. The molecule has 5 rings (SSSR count). The van der Waals surface area contributed by atoms with Crippen LogP contribution in [0.15, 0.2) is 109 Å². The van der Waals surface area contributed by atoms with Crippen molar-refractivity contribution in [2.75, 3.05) is 0 Å². The van der Waals surface area contributed by atoms with E-state index < -0.39 is 11.5 Å². The summed E-state index contributed by atoms with van der Waals surface area (Å²) in [6.07, 6.45) is -0.548. The molecule has 1 aliphatic carbocycles. The van der Waals surface area contributed by atoms with Gasteiger partial charge in [-0.2, -0.15) is 0 Å². The SMILES string of the molecule is O=[C]OC(c1ccccc1)C1(c2ccccc2)c2ccccc2-c2ccccc21. The first-order chi connectivity index (χ1) is 14.4. The molecule has 0 saturated carbocycles. The Morgan fingerprint density at radius 2 is 1.10 bits per heavy atom. The van der Waals surface area contributed by atoms with Crippen LogP contribution in [0.1, 0.15) is 28.4 Å². The zero-order valence-electron chi connectivity index (χ0n) is 15.8. The summed E-state index contributed by atoms with van der Waals surface area (Å²) < 4.78 is 5.78. The predicted octanol–water partition coefficient (Wildman–Crippen LogP) is 5.83. The van der Waals surface area contributed by atoms with Gasteiger partial charge in [-0.3, -0.25) is 0 Å². The predicted molar refractivity (Wildman–Crippen MR) is 114 cm³/mol. The molecule has 0 spiro atoms. The first-order valence-electron chi connectivity index (χ1n) is 9.70. The molecule has 1 radical (unpaired) electrons. The maximum absolute atomic E-state index is 11.6. The molecule has 1 aliphatic rings. The van der Waals surface area contributed by atoms with Crippen LogP contribution in [0, 0.1) is 0 Å². The second-order valence-corrected chi connectivity index (χ2v) is 7.26. The van der Waals surface area contributed by atoms with Crippen LogP contribution in [0.5, 0.6) is 0 Å². The summed E-state index contributed by atoms with van der Waals surface area (Å²) in [6, 6.07) is 37.0. The highest BCUT2D eigenvalue weighted by Crippen LogP contribution is 2.58. The van der Waals surface area contributed by atoms with E-state index in [1.165, 1.54) is 11.1 Å². The molecule has 0 aromatic heterocycles. The Morgan fingerprint density at radius 3 is 1.66 bits per heavy atom. The zero-order valence-corrected chi connectivity index (χ0v) is 15.8. The number of hydrogen-bond donors (Lipinski definition) is 0. The van der Waals surface area contributed by atoms with Crippen molar-refractivity contribution in [1.82, 2.24) is 0 Å². The monoisotopic (exact) mass is 375 g/mol. The zero-order chi connectivity index (χ0) is 19.7. The van der Waals surface area contributed by atoms with Crippen LogP contribution in [0.25, 0.3) is 11.1 Å². The maximum atomic E-state index is 11.6. The molecule has 0 saturated heterocycles. The summed E-state index contributed by atoms with van der Waals surface area (Å²) in [4.78, 5) is 11.6. The van der Waals surface area contributed by atoms with Crippen molar-refractivity contribution in [2.45, 2.75) is 11.5 Å². The van der Waals surface area contributed by atoms with E-state index in [1.54, 1.807) is 6.47 Å². The highest BCUT2D eigenvalue weighted by Gasteiger charge is 2.52. The van der Waals surface area contributed by atoms with E-state index in [0.717, 1.165) is 22.3 Å². The molecule has 0 fully saturated rings. The van der Waals surface area contributed by atoms with Crippen molar-refractivity contribution in [2.24, 2.45) is 0 Å². The molecule has 0 bridgehead atoms. The van der Waals surface area contributed by atoms with E-state index in [4.69, 9.17) is 4.74 Å². The van der Waals surface area contributed by atoms with Gasteiger partial charge in [0.1, 0.15) is 6.10 Å². The van der Waals surface area contributed by atoms with E-state index in [2.05, 4.69) is 60.7 Å². The van der Waals surface area contributed by atoms with Gasteiger partial charge in [-0.1, -0.05) is 109 Å². The number of benzene rings is 4. The lowest BCUT2D eigenvalue weighted by atomic mass is 9.66. The highest BCUT2D eigenvalue weighted by atomic mass is 16.5. The molecule has 1 unspecified atom stereocenters. The van der Waals surface area contributed by atoms with Gasteiger partial charge in [0.05, 0.1) is 5.41 Å². The van der Waals surface area contributed by atoms with Crippen LogP contribution in [-0.2, 0) is 14.9 Å². The molecule has 139 valence electrons. The molecular formula is C27H19O2. The average molecular weight is 375 g/mol. The number of ether oxygens (including phenoxy) is 1. The van der Waals surface area contributed by atoms with Crippen molar-refractivity contribution in [3.63, 3.8) is 0 Å². The highest BCUT2D eigenvalue weighted by molar-refractivity contribution is 5.84. The third-order valence-electron chi connectivity index (χ3n) is 5.88. The van der Waals surface area contributed by atoms with E-state index in [1.807, 2.05) is 48.5 Å². The minimum Gasteiger partial charge on any atom is -0.447 e. The smallest absolute Gasteiger partial charge is 0.418 e. The molecule has 4 aromatic rings. The van der Waals surface area contributed by atoms with Gasteiger partial charge in [0.2, 0.25) is 0 Å². The molecule has 2 nitrogen and oxygen atoms in total. The summed E-state index contributed by atoms with van der Waals surface area (Å²) in [5.74, 6) is 0. The second-order valence-electron chi connectivity index (χ2n) is 7.26. The number of hydrogen-bond acceptors (Lipinski definition) is 2. The van der Waals surface area contributed by atoms with Crippen molar-refractivity contribution < 1.29 is 9.53 Å². The minimum absolute atomic E-state index is 0.548. The van der Waals surface area contributed by atoms with Crippen molar-refractivity contribution in [1.29, 1.82) is 0 Å². The van der Waals surface area contributed by atoms with Crippen molar-refractivity contribution >= 4 is 6.47 Å². The minimum atomic E-state index is -0.660. The summed E-state index contributed by atoms with van der Waals surface area (Å²) in [5.41, 5.74) is 5.97. The molecule has 1 atom stereocenters. The molecular weight excluding hydrogens is 356 g/mol. The van der Waals surface area contributed by atoms with Gasteiger partial charge in [0, 0.05) is 0 Å². The van der Waals surface area contributed by atoms with Gasteiger partial charge in [0.15, 0.2) is 0 Å². The van der Waals surface area contributed by atoms with Crippen LogP contribution >= 0.6 is 0 Å². The largest absolute Gasteiger partial charge is 0.447 e. The molecule has 0 aliphatic heterocycles. The van der Waals surface area contributed by atoms with Gasteiger partial charge in [-0.05, 0) is 33.4 Å². The van der Waals surface area contributed by atoms with Gasteiger partial charge < -0.3 is 4.74 Å². The number of carbonyl (C=O) groups excluding carboxylic acids is 1. The van der Waals surface area contributed by atoms with E-state index in [-0.39, 0.29) is 0 Å². The van der Waals surface area contributed by atoms with E-state index in [9.17, 15) is 4.79 Å². The fraction of sp³-hybridized carbons (Fsp3) is 0.0741. The first-order valence-corrected chi connectivity index (χ1v) is 9.70. The normalized spacial score (nSPS) is 14.5. The van der Waals surface area contributed by atoms with E-state index in [0.29, 0.717) is 0 Å². The third kappa shape index (κ3) is 2.53. The maximum Gasteiger partial charge on any atom is 0.418 e. The fourth-order valence-electron chi connectivity index (χ4n) is 4.80. The molecule has 2 heteroatoms. The summed E-state index contributed by atoms with van der Waals surface area (Å²) in [6.45, 7) is 1.75. The van der Waals surface area contributed by atoms with Gasteiger partial charge in [0.25, 0.3) is 0 Å². The quantitative estimate of drug-likeness (QED) is 0.439. The van der Waals surface area contributed by atoms with Crippen LogP contribution < -0.4 is 0 Å². The molecule has 0 heterocycles. The molecule has 29 heavy (non-hydrogen) atoms. The summed E-state index contributed by atoms with van der Waals surface area (Å²) >= 11 is 0. The standard InChI is InChI=1S/C27H19O2/c28-19-29-26(20-11-3-1-4-12-20)27(21-13-5-2-6-14-21)24-17-9-7-15-22(24)23-16-8-10-18-25(23)27/h1-18,26H. The van der Waals surface area contributed by atoms with Gasteiger partial charge in [-0.25, -0.2) is 4.79 Å². The third-order valence-corrected chi connectivity index (χ3v) is 5.88. The Kier molecular flexibility index (Phi) is 4.25. The Bertz CT molecular complexity index is 1100. The number of fused-ring (bicyclic) bond motifs is 3. The number of rotatable bonds is 5. The second kappa shape index (κ2) is 7.06. The Morgan fingerprint density at radius 1 is 0.621 bits per heavy atom. The topological polar surface area (TPSA) is 26.3 Å². The average Bonchev–Trinajstić information content (AvgIpc) is 3.10. The lowest BCUT2D eigenvalue weighted by Crippen LogP contribution is -2.36. The fourth-order valence-corrected chi connectivity index (χ4v) is 4.80. The van der Waals surface area contributed by atoms with Gasteiger partial charge in [-0.15, -0.1) is 0 Å². The van der Waals surface area contributed by atoms with Crippen LogP contribution in [0.4, 0.5) is 0 Å². The summed E-state index contributed by atoms with van der Waals surface area (Å²) in [5, 5.41) is 0.